The number of nitrogens with zero attached hydrogens (tertiary/aromatic N) is 2. The smallest absolute Gasteiger partial charge is 0.193 e. The summed E-state index contributed by atoms with van der Waals surface area (Å²) in [5.41, 5.74) is 1.06. The minimum atomic E-state index is -0.0748. The van der Waals surface area contributed by atoms with Crippen LogP contribution in [0.5, 0.6) is 5.75 Å². The largest absolute Gasteiger partial charge is 0.496 e. The first-order valence-corrected chi connectivity index (χ1v) is 7.89. The predicted molar refractivity (Wildman–Crippen MR) is 89.5 cm³/mol. The van der Waals surface area contributed by atoms with Crippen molar-refractivity contribution >= 4 is 5.96 Å². The van der Waals surface area contributed by atoms with Crippen molar-refractivity contribution in [1.82, 2.24) is 10.2 Å². The van der Waals surface area contributed by atoms with Crippen LogP contribution in [0.3, 0.4) is 0 Å². The molecule has 2 rings (SSSR count). The van der Waals surface area contributed by atoms with E-state index >= 15 is 0 Å². The maximum Gasteiger partial charge on any atom is 0.193 e. The maximum absolute atomic E-state index is 6.09. The molecule has 0 amide bonds. The Morgan fingerprint density at radius 1 is 1.32 bits per heavy atom. The van der Waals surface area contributed by atoms with Crippen molar-refractivity contribution in [3.05, 3.63) is 29.8 Å². The molecule has 122 valence electrons. The number of methoxy groups -OCH3 is 1. The third-order valence-electron chi connectivity index (χ3n) is 3.64. The highest BCUT2D eigenvalue weighted by Crippen LogP contribution is 2.28. The monoisotopic (exact) mass is 305 g/mol. The van der Waals surface area contributed by atoms with Gasteiger partial charge in [0.05, 0.1) is 13.2 Å². The molecule has 1 N–H and O–H groups in total. The van der Waals surface area contributed by atoms with Crippen LogP contribution in [0, 0.1) is 0 Å². The topological polar surface area (TPSA) is 46.1 Å². The summed E-state index contributed by atoms with van der Waals surface area (Å²) in [5, 5.41) is 3.42. The van der Waals surface area contributed by atoms with Crippen LogP contribution < -0.4 is 10.1 Å². The van der Waals surface area contributed by atoms with Crippen LogP contribution in [0.4, 0.5) is 0 Å². The van der Waals surface area contributed by atoms with E-state index in [-0.39, 0.29) is 12.2 Å². The lowest BCUT2D eigenvalue weighted by atomic mass is 10.1. The molecule has 0 radical (unpaired) electrons. The second-order valence-corrected chi connectivity index (χ2v) is 5.78. The van der Waals surface area contributed by atoms with E-state index in [9.17, 15) is 0 Å². The summed E-state index contributed by atoms with van der Waals surface area (Å²) in [6, 6.07) is 8.01. The van der Waals surface area contributed by atoms with E-state index in [2.05, 4.69) is 28.3 Å². The van der Waals surface area contributed by atoms with Crippen LogP contribution in [0.2, 0.25) is 0 Å². The molecule has 5 nitrogen and oxygen atoms in total. The first-order chi connectivity index (χ1) is 10.6. The minimum absolute atomic E-state index is 0.0748. The van der Waals surface area contributed by atoms with Gasteiger partial charge in [0.15, 0.2) is 5.96 Å². The number of hydrogen-bond donors (Lipinski definition) is 1. The van der Waals surface area contributed by atoms with Gasteiger partial charge in [-0.05, 0) is 26.3 Å². The molecule has 0 aliphatic carbocycles. The number of ether oxygens (including phenoxy) is 2. The van der Waals surface area contributed by atoms with Gasteiger partial charge in [0.2, 0.25) is 0 Å². The van der Waals surface area contributed by atoms with Crippen LogP contribution in [0.15, 0.2) is 29.3 Å². The number of hydrogen-bond acceptors (Lipinski definition) is 5. The normalized spacial score (nSPS) is 16.4. The summed E-state index contributed by atoms with van der Waals surface area (Å²) in [6.07, 6.45) is 1.18. The summed E-state index contributed by atoms with van der Waals surface area (Å²) in [7, 11) is 3.75. The molecule has 0 spiro atoms. The van der Waals surface area contributed by atoms with Gasteiger partial charge in [0, 0.05) is 32.2 Å². The average Bonchev–Trinajstić information content (AvgIpc) is 2.52. The fourth-order valence-electron chi connectivity index (χ4n) is 2.59. The Kier molecular flexibility index (Phi) is 6.07. The summed E-state index contributed by atoms with van der Waals surface area (Å²) >= 11 is 0. The van der Waals surface area contributed by atoms with E-state index in [0.717, 1.165) is 36.8 Å². The molecular formula is C17H27N3O2. The molecule has 0 saturated carbocycles. The van der Waals surface area contributed by atoms with Gasteiger partial charge in [-0.3, -0.25) is 4.99 Å². The zero-order valence-electron chi connectivity index (χ0n) is 14.0. The third-order valence-corrected chi connectivity index (χ3v) is 3.64. The Hall–Kier alpha value is -1.75. The second kappa shape index (κ2) is 8.03. The highest BCUT2D eigenvalue weighted by Gasteiger charge is 2.20. The number of para-hydroxylation sites is 1. The van der Waals surface area contributed by atoms with Crippen LogP contribution in [-0.2, 0) is 4.74 Å². The van der Waals surface area contributed by atoms with E-state index in [0.29, 0.717) is 6.54 Å². The predicted octanol–water partition coefficient (Wildman–Crippen LogP) is 2.44. The van der Waals surface area contributed by atoms with Gasteiger partial charge in [-0.15, -0.1) is 0 Å². The molecule has 1 aromatic rings. The number of aliphatic imine (C=N–C) groups is 1. The summed E-state index contributed by atoms with van der Waals surface area (Å²) < 4.78 is 11.6. The van der Waals surface area contributed by atoms with Crippen molar-refractivity contribution in [2.75, 3.05) is 33.8 Å². The van der Waals surface area contributed by atoms with Crippen molar-refractivity contribution in [3.63, 3.8) is 0 Å². The lowest BCUT2D eigenvalue weighted by Gasteiger charge is -2.28. The fourth-order valence-corrected chi connectivity index (χ4v) is 2.59. The Labute approximate surface area is 133 Å². The zero-order chi connectivity index (χ0) is 15.9. The van der Waals surface area contributed by atoms with Gasteiger partial charge in [0.25, 0.3) is 0 Å². The molecule has 1 aromatic carbocycles. The van der Waals surface area contributed by atoms with Crippen molar-refractivity contribution in [3.8, 4) is 5.75 Å². The molecule has 1 aliphatic rings. The first kappa shape index (κ1) is 16.6. The second-order valence-electron chi connectivity index (χ2n) is 5.78. The third kappa shape index (κ3) is 4.37. The Balaban J connectivity index is 2.11. The summed E-state index contributed by atoms with van der Waals surface area (Å²) in [5.74, 6) is 1.80. The van der Waals surface area contributed by atoms with Crippen molar-refractivity contribution in [2.45, 2.75) is 32.5 Å². The Morgan fingerprint density at radius 2 is 2.09 bits per heavy atom. The molecule has 1 heterocycles. The molecule has 0 aromatic heterocycles. The number of benzene rings is 1. The average molecular weight is 305 g/mol. The van der Waals surface area contributed by atoms with Crippen molar-refractivity contribution in [2.24, 2.45) is 4.99 Å². The molecule has 1 atom stereocenters. The minimum Gasteiger partial charge on any atom is -0.496 e. The molecule has 0 saturated heterocycles. The number of rotatable bonds is 6. The van der Waals surface area contributed by atoms with Gasteiger partial charge in [-0.25, -0.2) is 0 Å². The lowest BCUT2D eigenvalue weighted by Crippen LogP contribution is -2.44. The lowest BCUT2D eigenvalue weighted by molar-refractivity contribution is 0.00792. The zero-order valence-corrected chi connectivity index (χ0v) is 14.0. The molecular weight excluding hydrogens is 278 g/mol. The SMILES string of the molecule is COc1ccccc1C(CNC1=NCCCN1C)OC(C)C. The first-order valence-electron chi connectivity index (χ1n) is 7.89. The van der Waals surface area contributed by atoms with E-state index in [4.69, 9.17) is 9.47 Å². The fraction of sp³-hybridized carbons (Fsp3) is 0.588. The molecule has 1 unspecified atom stereocenters. The Morgan fingerprint density at radius 3 is 2.77 bits per heavy atom. The molecule has 0 bridgehead atoms. The highest BCUT2D eigenvalue weighted by molar-refractivity contribution is 5.80. The highest BCUT2D eigenvalue weighted by atomic mass is 16.5. The van der Waals surface area contributed by atoms with Crippen LogP contribution >= 0.6 is 0 Å². The van der Waals surface area contributed by atoms with Crippen LogP contribution in [-0.4, -0.2) is 50.8 Å². The van der Waals surface area contributed by atoms with E-state index in [1.807, 2.05) is 32.0 Å². The molecule has 0 fully saturated rings. The standard InChI is InChI=1S/C17H27N3O2/c1-13(2)22-16(14-8-5-6-9-15(14)21-4)12-19-17-18-10-7-11-20(17)3/h5-6,8-9,13,16H,7,10-12H2,1-4H3,(H,18,19). The quantitative estimate of drug-likeness (QED) is 0.877. The number of nitrogens with one attached hydrogen (secondary N) is 1. The number of guanidine groups is 1. The van der Waals surface area contributed by atoms with Gasteiger partial charge in [-0.1, -0.05) is 18.2 Å². The van der Waals surface area contributed by atoms with Crippen LogP contribution in [0.25, 0.3) is 0 Å². The summed E-state index contributed by atoms with van der Waals surface area (Å²) in [6.45, 7) is 6.69. The van der Waals surface area contributed by atoms with E-state index < -0.39 is 0 Å². The molecule has 22 heavy (non-hydrogen) atoms. The van der Waals surface area contributed by atoms with E-state index in [1.165, 1.54) is 0 Å². The van der Waals surface area contributed by atoms with Crippen molar-refractivity contribution < 1.29 is 9.47 Å². The van der Waals surface area contributed by atoms with Crippen LogP contribution in [0.1, 0.15) is 31.9 Å². The van der Waals surface area contributed by atoms with Gasteiger partial charge in [-0.2, -0.15) is 0 Å². The maximum atomic E-state index is 6.09. The molecule has 5 heteroatoms. The van der Waals surface area contributed by atoms with E-state index in [1.54, 1.807) is 7.11 Å². The van der Waals surface area contributed by atoms with Gasteiger partial charge >= 0.3 is 0 Å². The van der Waals surface area contributed by atoms with Gasteiger partial charge < -0.3 is 19.7 Å². The Bertz CT molecular complexity index is 502. The van der Waals surface area contributed by atoms with Crippen molar-refractivity contribution in [1.29, 1.82) is 0 Å². The summed E-state index contributed by atoms with van der Waals surface area (Å²) in [4.78, 5) is 6.69. The van der Waals surface area contributed by atoms with Gasteiger partial charge in [0.1, 0.15) is 11.9 Å². The molecule has 1 aliphatic heterocycles.